The zero-order valence-electron chi connectivity index (χ0n) is 11.7. The average molecular weight is 404 g/mol. The number of rotatable bonds is 4. The van der Waals surface area contributed by atoms with Crippen molar-refractivity contribution in [3.8, 4) is 0 Å². The topological polar surface area (TPSA) is 32.3 Å². The van der Waals surface area contributed by atoms with E-state index in [9.17, 15) is 4.79 Å². The maximum absolute atomic E-state index is 12.8. The fourth-order valence-electron chi connectivity index (χ4n) is 2.61. The minimum atomic E-state index is 0.125. The summed E-state index contributed by atoms with van der Waals surface area (Å²) in [5.41, 5.74) is 0.743. The number of halogens is 2. The van der Waals surface area contributed by atoms with E-state index in [2.05, 4.69) is 44.1 Å². The van der Waals surface area contributed by atoms with Gasteiger partial charge in [0.25, 0.3) is 5.91 Å². The highest BCUT2D eigenvalue weighted by atomic mass is 79.9. The number of piperidine rings is 1. The Bertz CT molecular complexity index is 473. The third-order valence-electron chi connectivity index (χ3n) is 3.60. The summed E-state index contributed by atoms with van der Waals surface area (Å²) >= 11 is 6.92. The summed E-state index contributed by atoms with van der Waals surface area (Å²) in [7, 11) is 0. The second kappa shape index (κ2) is 7.57. The number of amides is 1. The smallest absolute Gasteiger partial charge is 0.255 e. The van der Waals surface area contributed by atoms with E-state index in [-0.39, 0.29) is 5.91 Å². The molecule has 1 aromatic carbocycles. The summed E-state index contributed by atoms with van der Waals surface area (Å²) in [5, 5.41) is 3.39. The number of hydrogen-bond acceptors (Lipinski definition) is 2. The predicted molar refractivity (Wildman–Crippen MR) is 89.1 cm³/mol. The first-order chi connectivity index (χ1) is 9.63. The average Bonchev–Trinajstić information content (AvgIpc) is 2.45. The Hall–Kier alpha value is -0.390. The molecule has 3 nitrogen and oxygen atoms in total. The maximum Gasteiger partial charge on any atom is 0.255 e. The molecule has 0 aromatic heterocycles. The van der Waals surface area contributed by atoms with E-state index in [1.54, 1.807) is 0 Å². The maximum atomic E-state index is 12.8. The largest absolute Gasteiger partial charge is 0.334 e. The number of hydrogen-bond donors (Lipinski definition) is 1. The van der Waals surface area contributed by atoms with Crippen molar-refractivity contribution in [2.75, 3.05) is 19.6 Å². The molecular formula is C15H20Br2N2O. The number of benzene rings is 1. The predicted octanol–water partition coefficient (Wildman–Crippen LogP) is 3.82. The first-order valence-corrected chi connectivity index (χ1v) is 8.68. The van der Waals surface area contributed by atoms with E-state index < -0.39 is 0 Å². The summed E-state index contributed by atoms with van der Waals surface area (Å²) in [4.78, 5) is 14.8. The van der Waals surface area contributed by atoms with Gasteiger partial charge in [0, 0.05) is 28.1 Å². The molecule has 5 heteroatoms. The van der Waals surface area contributed by atoms with E-state index in [0.717, 1.165) is 53.4 Å². The van der Waals surface area contributed by atoms with Crippen LogP contribution in [0.5, 0.6) is 0 Å². The van der Waals surface area contributed by atoms with Crippen LogP contribution in [0.1, 0.15) is 36.5 Å². The van der Waals surface area contributed by atoms with Crippen molar-refractivity contribution >= 4 is 37.8 Å². The minimum absolute atomic E-state index is 0.125. The van der Waals surface area contributed by atoms with Crippen LogP contribution in [-0.2, 0) is 0 Å². The fourth-order valence-corrected chi connectivity index (χ4v) is 3.82. The summed E-state index contributed by atoms with van der Waals surface area (Å²) in [6, 6.07) is 6.04. The Labute approximate surface area is 137 Å². The first kappa shape index (κ1) is 16.0. The Morgan fingerprint density at radius 1 is 1.45 bits per heavy atom. The second-order valence-corrected chi connectivity index (χ2v) is 6.89. The Morgan fingerprint density at radius 3 is 2.85 bits per heavy atom. The van der Waals surface area contributed by atoms with Crippen LogP contribution in [0.2, 0.25) is 0 Å². The van der Waals surface area contributed by atoms with Crippen LogP contribution >= 0.6 is 31.9 Å². The van der Waals surface area contributed by atoms with Gasteiger partial charge in [-0.05, 0) is 59.9 Å². The quantitative estimate of drug-likeness (QED) is 0.828. The third kappa shape index (κ3) is 3.83. The highest BCUT2D eigenvalue weighted by Gasteiger charge is 2.26. The van der Waals surface area contributed by atoms with E-state index in [4.69, 9.17) is 0 Å². The van der Waals surface area contributed by atoms with Crippen molar-refractivity contribution in [3.63, 3.8) is 0 Å². The zero-order chi connectivity index (χ0) is 14.5. The lowest BCUT2D eigenvalue weighted by Gasteiger charge is -2.35. The van der Waals surface area contributed by atoms with Crippen LogP contribution in [0.15, 0.2) is 27.1 Å². The summed E-state index contributed by atoms with van der Waals surface area (Å²) in [5.74, 6) is 0.125. The van der Waals surface area contributed by atoms with Crippen LogP contribution in [0.25, 0.3) is 0 Å². The molecule has 2 rings (SSSR count). The van der Waals surface area contributed by atoms with Crippen molar-refractivity contribution in [2.24, 2.45) is 0 Å². The molecule has 1 heterocycles. The monoisotopic (exact) mass is 402 g/mol. The van der Waals surface area contributed by atoms with Crippen molar-refractivity contribution in [1.29, 1.82) is 0 Å². The van der Waals surface area contributed by atoms with E-state index in [1.165, 1.54) is 0 Å². The molecule has 1 saturated heterocycles. The van der Waals surface area contributed by atoms with Gasteiger partial charge in [-0.25, -0.2) is 0 Å². The van der Waals surface area contributed by atoms with Crippen LogP contribution in [0.3, 0.4) is 0 Å². The van der Waals surface area contributed by atoms with Crippen molar-refractivity contribution in [1.82, 2.24) is 10.2 Å². The van der Waals surface area contributed by atoms with Gasteiger partial charge in [-0.15, -0.1) is 0 Å². The van der Waals surface area contributed by atoms with Gasteiger partial charge < -0.3 is 10.2 Å². The molecule has 1 amide bonds. The zero-order valence-corrected chi connectivity index (χ0v) is 14.8. The molecule has 1 unspecified atom stereocenters. The van der Waals surface area contributed by atoms with Crippen molar-refractivity contribution < 1.29 is 4.79 Å². The van der Waals surface area contributed by atoms with E-state index in [0.29, 0.717) is 6.04 Å². The summed E-state index contributed by atoms with van der Waals surface area (Å²) in [6.45, 7) is 4.90. The molecular weight excluding hydrogens is 384 g/mol. The molecule has 1 fully saturated rings. The van der Waals surface area contributed by atoms with Gasteiger partial charge in [0.1, 0.15) is 0 Å². The Morgan fingerprint density at radius 2 is 2.25 bits per heavy atom. The lowest BCUT2D eigenvalue weighted by Crippen LogP contribution is -2.49. The summed E-state index contributed by atoms with van der Waals surface area (Å²) in [6.07, 6.45) is 3.21. The van der Waals surface area contributed by atoms with Crippen molar-refractivity contribution in [3.05, 3.63) is 32.7 Å². The van der Waals surface area contributed by atoms with E-state index >= 15 is 0 Å². The molecule has 1 aromatic rings. The standard InChI is InChI=1S/C15H20Br2N2O/c1-2-8-19(12-4-3-7-18-10-12)15(20)13-6-5-11(16)9-14(13)17/h5-6,9,12,18H,2-4,7-8,10H2,1H3. The van der Waals surface area contributed by atoms with Gasteiger partial charge in [0.2, 0.25) is 0 Å². The third-order valence-corrected chi connectivity index (χ3v) is 4.75. The molecule has 0 aliphatic carbocycles. The fraction of sp³-hybridized carbons (Fsp3) is 0.533. The molecule has 0 saturated carbocycles. The molecule has 20 heavy (non-hydrogen) atoms. The van der Waals surface area contributed by atoms with Crippen LogP contribution in [-0.4, -0.2) is 36.5 Å². The molecule has 0 radical (unpaired) electrons. The number of nitrogens with zero attached hydrogens (tertiary/aromatic N) is 1. The number of carbonyl (C=O) groups excluding carboxylic acids is 1. The van der Waals surface area contributed by atoms with Crippen LogP contribution in [0.4, 0.5) is 0 Å². The van der Waals surface area contributed by atoms with Crippen LogP contribution in [0, 0.1) is 0 Å². The lowest BCUT2D eigenvalue weighted by molar-refractivity contribution is 0.0648. The molecule has 0 spiro atoms. The molecule has 1 atom stereocenters. The highest BCUT2D eigenvalue weighted by molar-refractivity contribution is 9.11. The summed E-state index contributed by atoms with van der Waals surface area (Å²) < 4.78 is 1.82. The SMILES string of the molecule is CCCN(C(=O)c1ccc(Br)cc1Br)C1CCCNC1. The van der Waals surface area contributed by atoms with Crippen molar-refractivity contribution in [2.45, 2.75) is 32.2 Å². The Balaban J connectivity index is 2.21. The number of nitrogens with one attached hydrogen (secondary N) is 1. The normalized spacial score (nSPS) is 18.9. The highest BCUT2D eigenvalue weighted by Crippen LogP contribution is 2.24. The van der Waals surface area contributed by atoms with Gasteiger partial charge in [-0.3, -0.25) is 4.79 Å². The second-order valence-electron chi connectivity index (χ2n) is 5.12. The number of carbonyl (C=O) groups is 1. The molecule has 0 bridgehead atoms. The molecule has 1 aliphatic heterocycles. The molecule has 110 valence electrons. The van der Waals surface area contributed by atoms with E-state index in [1.807, 2.05) is 23.1 Å². The minimum Gasteiger partial charge on any atom is -0.334 e. The first-order valence-electron chi connectivity index (χ1n) is 7.10. The Kier molecular flexibility index (Phi) is 6.05. The van der Waals surface area contributed by atoms with Crippen LogP contribution < -0.4 is 5.32 Å². The van der Waals surface area contributed by atoms with Gasteiger partial charge >= 0.3 is 0 Å². The molecule has 1 aliphatic rings. The lowest BCUT2D eigenvalue weighted by atomic mass is 10.0. The molecule has 1 N–H and O–H groups in total. The van der Waals surface area contributed by atoms with Gasteiger partial charge in [0.15, 0.2) is 0 Å². The van der Waals surface area contributed by atoms with Gasteiger partial charge in [0.05, 0.1) is 5.56 Å². The van der Waals surface area contributed by atoms with Gasteiger partial charge in [-0.1, -0.05) is 22.9 Å². The van der Waals surface area contributed by atoms with Gasteiger partial charge in [-0.2, -0.15) is 0 Å².